The average Bonchev–Trinajstić information content (AvgIpc) is 3.86. The second kappa shape index (κ2) is 19.6. The number of piperidine rings is 2. The number of likely N-dealkylation sites (tertiary alicyclic amines) is 2. The van der Waals surface area contributed by atoms with Crippen LogP contribution in [0.5, 0.6) is 11.5 Å². The number of halogens is 3. The Labute approximate surface area is 416 Å². The summed E-state index contributed by atoms with van der Waals surface area (Å²) in [5.41, 5.74) is 7.53. The third-order valence-electron chi connectivity index (χ3n) is 15.8. The van der Waals surface area contributed by atoms with Gasteiger partial charge in [-0.2, -0.15) is 5.10 Å². The number of benzene rings is 4. The van der Waals surface area contributed by atoms with Gasteiger partial charge >= 0.3 is 6.03 Å². The van der Waals surface area contributed by atoms with Crippen molar-refractivity contribution in [1.82, 2.24) is 30.2 Å². The summed E-state index contributed by atoms with van der Waals surface area (Å²) in [6, 6.07) is 19.9. The molecule has 1 saturated carbocycles. The van der Waals surface area contributed by atoms with E-state index in [1.807, 2.05) is 66.2 Å². The first-order valence-corrected chi connectivity index (χ1v) is 25.1. The quantitative estimate of drug-likeness (QED) is 0.118. The zero-order valence-corrected chi connectivity index (χ0v) is 40.9. The minimum absolute atomic E-state index is 0.0228. The third kappa shape index (κ3) is 8.87. The van der Waals surface area contributed by atoms with E-state index in [2.05, 4.69) is 38.8 Å². The summed E-state index contributed by atoms with van der Waals surface area (Å²) in [7, 11) is 3.19. The molecule has 4 aliphatic heterocycles. The molecule has 1 aliphatic carbocycles. The van der Waals surface area contributed by atoms with Gasteiger partial charge in [0.2, 0.25) is 17.7 Å². The number of fused-ring (bicyclic) bond motifs is 2. The molecule has 3 saturated heterocycles. The first-order valence-electron chi connectivity index (χ1n) is 24.7. The molecule has 0 bridgehead atoms. The number of ether oxygens (including phenoxy) is 2. The molecule has 10 rings (SSSR count). The fourth-order valence-corrected chi connectivity index (χ4v) is 12.2. The number of nitrogens with two attached hydrogens (primary N) is 1. The van der Waals surface area contributed by atoms with E-state index >= 15 is 8.78 Å². The Kier molecular flexibility index (Phi) is 13.3. The summed E-state index contributed by atoms with van der Waals surface area (Å²) in [6.07, 6.45) is 11.4. The summed E-state index contributed by atoms with van der Waals surface area (Å²) in [6.45, 7) is 5.53. The molecule has 4 aromatic carbocycles. The first-order chi connectivity index (χ1) is 34.3. The van der Waals surface area contributed by atoms with E-state index in [4.69, 9.17) is 26.8 Å². The van der Waals surface area contributed by atoms with Crippen molar-refractivity contribution < 1.29 is 37.4 Å². The minimum Gasteiger partial charge on any atom is -0.494 e. The number of urea groups is 1. The number of carbonyl (C=O) groups is 4. The Morgan fingerprint density at radius 3 is 2.35 bits per heavy atom. The third-order valence-corrected chi connectivity index (χ3v) is 16.2. The molecule has 372 valence electrons. The number of nitrogens with one attached hydrogen (secondary N) is 2. The molecule has 5 heterocycles. The normalized spacial score (nSPS) is 23.5. The molecule has 0 radical (unpaired) electrons. The van der Waals surface area contributed by atoms with Crippen LogP contribution in [-0.4, -0.2) is 95.3 Å². The highest BCUT2D eigenvalue weighted by Crippen LogP contribution is 2.57. The summed E-state index contributed by atoms with van der Waals surface area (Å²) in [5, 5.41) is 11.1. The fourth-order valence-electron chi connectivity index (χ4n) is 11.9. The highest BCUT2D eigenvalue weighted by atomic mass is 35.5. The van der Waals surface area contributed by atoms with Gasteiger partial charge in [0.15, 0.2) is 23.0 Å². The van der Waals surface area contributed by atoms with Crippen molar-refractivity contribution in [3.63, 3.8) is 0 Å². The van der Waals surface area contributed by atoms with E-state index in [1.165, 1.54) is 30.9 Å². The van der Waals surface area contributed by atoms with E-state index in [0.717, 1.165) is 80.9 Å². The Balaban J connectivity index is 0.741. The van der Waals surface area contributed by atoms with Gasteiger partial charge in [-0.1, -0.05) is 54.9 Å². The summed E-state index contributed by atoms with van der Waals surface area (Å²) >= 11 is 6.68. The Bertz CT molecular complexity index is 2930. The lowest BCUT2D eigenvalue weighted by molar-refractivity contribution is -0.138. The SMILES string of the molecule is COc1ccc(C(N)=O)c(-c2c(Cl)c(F)cc3c2[C@H](C)[C@@](/C=C\NC2CCN(C(=O)C4CCC(N5CCC(c6ccc7c(N8CCC(=O)NC8=O)nn(C)c7c6)CC5)CC4)CC2)(c2ccccc2)O3)c1F. The maximum absolute atomic E-state index is 16.2. The lowest BCUT2D eigenvalue weighted by Gasteiger charge is -2.42. The second-order valence-corrected chi connectivity index (χ2v) is 20.1. The van der Waals surface area contributed by atoms with Crippen LogP contribution in [0, 0.1) is 17.6 Å². The Morgan fingerprint density at radius 2 is 1.66 bits per heavy atom. The van der Waals surface area contributed by atoms with Crippen molar-refractivity contribution in [1.29, 1.82) is 0 Å². The van der Waals surface area contributed by atoms with Crippen molar-refractivity contribution in [2.24, 2.45) is 18.7 Å². The van der Waals surface area contributed by atoms with Crippen LogP contribution in [0.2, 0.25) is 5.02 Å². The number of imide groups is 1. The number of nitrogens with zero attached hydrogens (tertiary/aromatic N) is 5. The fraction of sp³-hybridized carbons (Fsp3) is 0.426. The molecule has 5 aromatic rings. The van der Waals surface area contributed by atoms with Gasteiger partial charge in [0.1, 0.15) is 11.6 Å². The molecule has 5 amide bonds. The van der Waals surface area contributed by atoms with Crippen LogP contribution < -0.4 is 30.7 Å². The molecule has 1 aromatic heterocycles. The summed E-state index contributed by atoms with van der Waals surface area (Å²) in [4.78, 5) is 57.1. The number of hydrogen-bond acceptors (Lipinski definition) is 9. The zero-order chi connectivity index (χ0) is 49.7. The average molecular weight is 990 g/mol. The molecule has 14 nitrogen and oxygen atoms in total. The summed E-state index contributed by atoms with van der Waals surface area (Å²) < 4.78 is 45.7. The zero-order valence-electron chi connectivity index (χ0n) is 40.2. The lowest BCUT2D eigenvalue weighted by Crippen LogP contribution is -2.49. The monoisotopic (exact) mass is 988 g/mol. The predicted molar refractivity (Wildman–Crippen MR) is 266 cm³/mol. The van der Waals surface area contributed by atoms with Crippen molar-refractivity contribution in [2.75, 3.05) is 44.7 Å². The standard InChI is InChI=1S/C54H59ClF2N8O6/c1-31-45-43(30-40(56)48(55)47(45)46-39(50(58)67)15-16-42(70-3)49(46)57)71-54(31,35-7-5-4-6-8-35)22-23-59-36-19-26-64(27-20-36)52(68)33-9-12-37(13-10-33)63-24-17-32(18-25-63)34-11-14-38-41(29-34)62(2)61-51(38)65-28-21-44(66)60-53(65)69/h4-8,11,14-16,22-23,29-33,36-37,59H,9-10,12-13,17-21,24-28H2,1-3H3,(H2,58,67)(H,60,66,69)/b23-22-/t31-,33?,37?,54-/m0/s1. The molecular weight excluding hydrogens is 930 g/mol. The molecular formula is C54H59ClF2N8O6. The second-order valence-electron chi connectivity index (χ2n) is 19.7. The first kappa shape index (κ1) is 48.1. The maximum atomic E-state index is 16.2. The van der Waals surface area contributed by atoms with E-state index in [-0.39, 0.29) is 63.4 Å². The van der Waals surface area contributed by atoms with Crippen LogP contribution in [0.4, 0.5) is 19.4 Å². The van der Waals surface area contributed by atoms with Crippen LogP contribution in [0.1, 0.15) is 104 Å². The molecule has 0 unspecified atom stereocenters. The molecule has 4 fully saturated rings. The van der Waals surface area contributed by atoms with E-state index in [1.54, 1.807) is 4.90 Å². The van der Waals surface area contributed by atoms with Crippen LogP contribution in [-0.2, 0) is 22.2 Å². The number of hydrogen-bond donors (Lipinski definition) is 3. The smallest absolute Gasteiger partial charge is 0.329 e. The predicted octanol–water partition coefficient (Wildman–Crippen LogP) is 8.65. The number of rotatable bonds is 11. The van der Waals surface area contributed by atoms with E-state index < -0.39 is 35.1 Å². The van der Waals surface area contributed by atoms with Crippen molar-refractivity contribution in [3.8, 4) is 22.6 Å². The number of aryl methyl sites for hydroxylation is 1. The molecule has 71 heavy (non-hydrogen) atoms. The van der Waals surface area contributed by atoms with Crippen LogP contribution in [0.25, 0.3) is 22.0 Å². The van der Waals surface area contributed by atoms with Gasteiger partial charge in [-0.15, -0.1) is 0 Å². The molecule has 0 spiro atoms. The Hall–Kier alpha value is -6.52. The van der Waals surface area contributed by atoms with Crippen molar-refractivity contribution in [2.45, 2.75) is 94.2 Å². The minimum atomic E-state index is -1.18. The van der Waals surface area contributed by atoms with Gasteiger partial charge in [-0.25, -0.2) is 13.6 Å². The largest absolute Gasteiger partial charge is 0.494 e. The number of aromatic nitrogens is 2. The van der Waals surface area contributed by atoms with Crippen molar-refractivity contribution in [3.05, 3.63) is 118 Å². The molecule has 2 atom stereocenters. The van der Waals surface area contributed by atoms with E-state index in [9.17, 15) is 19.2 Å². The number of primary amides is 1. The van der Waals surface area contributed by atoms with Gasteiger partial charge in [0.05, 0.1) is 23.2 Å². The van der Waals surface area contributed by atoms with Gasteiger partial charge < -0.3 is 30.3 Å². The van der Waals surface area contributed by atoms with Crippen LogP contribution >= 0.6 is 11.6 Å². The highest BCUT2D eigenvalue weighted by Gasteiger charge is 2.49. The number of anilines is 1. The van der Waals surface area contributed by atoms with Gasteiger partial charge in [0.25, 0.3) is 0 Å². The summed E-state index contributed by atoms with van der Waals surface area (Å²) in [5.74, 6) is -2.20. The van der Waals surface area contributed by atoms with Gasteiger partial charge in [-0.05, 0) is 118 Å². The van der Waals surface area contributed by atoms with Crippen LogP contribution in [0.3, 0.4) is 0 Å². The van der Waals surface area contributed by atoms with E-state index in [0.29, 0.717) is 43.0 Å². The van der Waals surface area contributed by atoms with Crippen molar-refractivity contribution >= 4 is 52.1 Å². The molecule has 5 aliphatic rings. The molecule has 17 heteroatoms. The number of amides is 5. The number of methoxy groups -OCH3 is 1. The lowest BCUT2D eigenvalue weighted by atomic mass is 9.77. The van der Waals surface area contributed by atoms with Crippen LogP contribution in [0.15, 0.2) is 79.0 Å². The number of carbonyl (C=O) groups excluding carboxylic acids is 4. The highest BCUT2D eigenvalue weighted by molar-refractivity contribution is 6.34. The Morgan fingerprint density at radius 1 is 0.930 bits per heavy atom. The van der Waals surface area contributed by atoms with Gasteiger partial charge in [0, 0.05) is 85.2 Å². The van der Waals surface area contributed by atoms with Gasteiger partial charge in [-0.3, -0.25) is 29.3 Å². The maximum Gasteiger partial charge on any atom is 0.329 e. The topological polar surface area (TPSA) is 164 Å². The molecule has 4 N–H and O–H groups in total.